The van der Waals surface area contributed by atoms with Gasteiger partial charge in [-0.05, 0) is 27.1 Å². The van der Waals surface area contributed by atoms with Crippen LogP contribution in [0.4, 0.5) is 0 Å². The zero-order chi connectivity index (χ0) is 12.7. The van der Waals surface area contributed by atoms with Crippen molar-refractivity contribution in [3.63, 3.8) is 0 Å². The fraction of sp³-hybridized carbons (Fsp3) is 0.0526. The number of fused-ring (bicyclic) bond motifs is 3. The summed E-state index contributed by atoms with van der Waals surface area (Å²) in [4.78, 5) is 0. The van der Waals surface area contributed by atoms with Gasteiger partial charge < -0.3 is 0 Å². The topological polar surface area (TPSA) is 0 Å². The molecule has 0 atom stereocenters. The summed E-state index contributed by atoms with van der Waals surface area (Å²) in [6.07, 6.45) is 8.77. The van der Waals surface area contributed by atoms with Crippen LogP contribution in [0.3, 0.4) is 0 Å². The maximum Gasteiger partial charge on any atom is 0.0211 e. The van der Waals surface area contributed by atoms with Crippen molar-refractivity contribution in [2.75, 3.05) is 0 Å². The molecule has 0 radical (unpaired) electrons. The van der Waals surface area contributed by atoms with E-state index in [2.05, 4.69) is 78.9 Å². The van der Waals surface area contributed by atoms with Crippen LogP contribution in [-0.4, -0.2) is 0 Å². The minimum atomic E-state index is 0.421. The number of allylic oxidation sites excluding steroid dienone is 4. The molecule has 3 aromatic carbocycles. The molecule has 0 aliphatic heterocycles. The van der Waals surface area contributed by atoms with Gasteiger partial charge in [-0.3, -0.25) is 0 Å². The second-order valence-electron chi connectivity index (χ2n) is 5.02. The van der Waals surface area contributed by atoms with Crippen LogP contribution in [-0.2, 0) is 0 Å². The van der Waals surface area contributed by atoms with E-state index < -0.39 is 0 Å². The molecule has 0 bridgehead atoms. The molecule has 0 spiro atoms. The highest BCUT2D eigenvalue weighted by Gasteiger charge is 2.11. The predicted octanol–water partition coefficient (Wildman–Crippen LogP) is 5.20. The summed E-state index contributed by atoms with van der Waals surface area (Å²) in [5, 5.41) is 5.36. The Hall–Kier alpha value is -2.34. The van der Waals surface area contributed by atoms with Gasteiger partial charge in [0.05, 0.1) is 0 Å². The van der Waals surface area contributed by atoms with E-state index in [1.54, 1.807) is 0 Å². The van der Waals surface area contributed by atoms with Gasteiger partial charge in [0.2, 0.25) is 0 Å². The van der Waals surface area contributed by atoms with E-state index in [1.807, 2.05) is 0 Å². The first-order valence-corrected chi connectivity index (χ1v) is 6.69. The van der Waals surface area contributed by atoms with Gasteiger partial charge in [0.15, 0.2) is 0 Å². The minimum Gasteiger partial charge on any atom is -0.0732 e. The highest BCUT2D eigenvalue weighted by Crippen LogP contribution is 2.33. The molecule has 0 heteroatoms. The second-order valence-corrected chi connectivity index (χ2v) is 5.02. The third kappa shape index (κ3) is 1.61. The van der Waals surface area contributed by atoms with E-state index >= 15 is 0 Å². The average Bonchev–Trinajstić information content (AvgIpc) is 3.00. The van der Waals surface area contributed by atoms with Crippen LogP contribution >= 0.6 is 0 Å². The second kappa shape index (κ2) is 4.10. The molecular formula is C19H14. The zero-order valence-corrected chi connectivity index (χ0v) is 10.6. The van der Waals surface area contributed by atoms with Crippen LogP contribution in [0.1, 0.15) is 11.5 Å². The first kappa shape index (κ1) is 10.6. The Morgan fingerprint density at radius 2 is 1.37 bits per heavy atom. The van der Waals surface area contributed by atoms with Gasteiger partial charge in [-0.1, -0.05) is 78.9 Å². The molecule has 0 saturated heterocycles. The molecule has 0 N–H and O–H groups in total. The lowest BCUT2D eigenvalue weighted by atomic mass is 9.92. The largest absolute Gasteiger partial charge is 0.0732 e. The molecule has 0 unspecified atom stereocenters. The summed E-state index contributed by atoms with van der Waals surface area (Å²) in [7, 11) is 0. The predicted molar refractivity (Wildman–Crippen MR) is 82.5 cm³/mol. The molecule has 4 rings (SSSR count). The fourth-order valence-electron chi connectivity index (χ4n) is 2.99. The van der Waals surface area contributed by atoms with Crippen molar-refractivity contribution in [3.8, 4) is 0 Å². The molecule has 1 aliphatic carbocycles. The van der Waals surface area contributed by atoms with Crippen molar-refractivity contribution in [2.24, 2.45) is 0 Å². The van der Waals surface area contributed by atoms with Crippen molar-refractivity contribution in [3.05, 3.63) is 84.5 Å². The molecule has 0 fully saturated rings. The van der Waals surface area contributed by atoms with Crippen molar-refractivity contribution < 1.29 is 0 Å². The Morgan fingerprint density at radius 3 is 2.26 bits per heavy atom. The fourth-order valence-corrected chi connectivity index (χ4v) is 2.99. The Bertz CT molecular complexity index is 810. The summed E-state index contributed by atoms with van der Waals surface area (Å²) < 4.78 is 0. The first-order chi connectivity index (χ1) is 9.43. The first-order valence-electron chi connectivity index (χ1n) is 6.69. The smallest absolute Gasteiger partial charge is 0.0211 e. The van der Waals surface area contributed by atoms with E-state index in [-0.39, 0.29) is 0 Å². The molecule has 0 amide bonds. The quantitative estimate of drug-likeness (QED) is 0.514. The maximum atomic E-state index is 2.26. The van der Waals surface area contributed by atoms with E-state index in [4.69, 9.17) is 0 Å². The van der Waals surface area contributed by atoms with Crippen LogP contribution in [0.15, 0.2) is 78.9 Å². The van der Waals surface area contributed by atoms with Gasteiger partial charge in [0.1, 0.15) is 0 Å². The summed E-state index contributed by atoms with van der Waals surface area (Å²) >= 11 is 0. The van der Waals surface area contributed by atoms with Gasteiger partial charge in [-0.2, -0.15) is 0 Å². The van der Waals surface area contributed by atoms with E-state index in [0.29, 0.717) is 5.92 Å². The molecule has 0 nitrogen and oxygen atoms in total. The molecule has 0 aromatic heterocycles. The molecule has 90 valence electrons. The van der Waals surface area contributed by atoms with Gasteiger partial charge >= 0.3 is 0 Å². The van der Waals surface area contributed by atoms with Crippen LogP contribution < -0.4 is 0 Å². The molecule has 0 saturated carbocycles. The van der Waals surface area contributed by atoms with Crippen molar-refractivity contribution in [2.45, 2.75) is 5.92 Å². The summed E-state index contributed by atoms with van der Waals surface area (Å²) in [5.74, 6) is 0.421. The summed E-state index contributed by atoms with van der Waals surface area (Å²) in [6.45, 7) is 0. The van der Waals surface area contributed by atoms with Gasteiger partial charge in [-0.15, -0.1) is 0 Å². The third-order valence-electron chi connectivity index (χ3n) is 3.93. The van der Waals surface area contributed by atoms with E-state index in [0.717, 1.165) is 0 Å². The number of rotatable bonds is 1. The van der Waals surface area contributed by atoms with Crippen molar-refractivity contribution >= 4 is 21.5 Å². The molecule has 3 aromatic rings. The zero-order valence-electron chi connectivity index (χ0n) is 10.6. The Labute approximate surface area is 112 Å². The molecule has 0 heterocycles. The van der Waals surface area contributed by atoms with Crippen molar-refractivity contribution in [1.29, 1.82) is 0 Å². The minimum absolute atomic E-state index is 0.421. The summed E-state index contributed by atoms with van der Waals surface area (Å²) in [6, 6.07) is 19.7. The lowest BCUT2D eigenvalue weighted by molar-refractivity contribution is 1.12. The summed E-state index contributed by atoms with van der Waals surface area (Å²) in [5.41, 5.74) is 1.40. The molecule has 1 aliphatic rings. The third-order valence-corrected chi connectivity index (χ3v) is 3.93. The van der Waals surface area contributed by atoms with E-state index in [9.17, 15) is 0 Å². The normalized spacial score (nSPS) is 14.7. The van der Waals surface area contributed by atoms with Crippen LogP contribution in [0.5, 0.6) is 0 Å². The average molecular weight is 242 g/mol. The SMILES string of the molecule is C1=CC(c2cccc3c2ccc2ccccc23)C=C1. The number of hydrogen-bond donors (Lipinski definition) is 0. The van der Waals surface area contributed by atoms with E-state index in [1.165, 1.54) is 27.1 Å². The van der Waals surface area contributed by atoms with Gasteiger partial charge in [0, 0.05) is 5.92 Å². The Kier molecular flexibility index (Phi) is 2.28. The highest BCUT2D eigenvalue weighted by atomic mass is 14.1. The van der Waals surface area contributed by atoms with Crippen LogP contribution in [0.25, 0.3) is 21.5 Å². The van der Waals surface area contributed by atoms with Gasteiger partial charge in [0.25, 0.3) is 0 Å². The van der Waals surface area contributed by atoms with Crippen LogP contribution in [0.2, 0.25) is 0 Å². The maximum absolute atomic E-state index is 2.26. The van der Waals surface area contributed by atoms with Gasteiger partial charge in [-0.25, -0.2) is 0 Å². The Morgan fingerprint density at radius 1 is 0.579 bits per heavy atom. The Balaban J connectivity index is 2.09. The lowest BCUT2D eigenvalue weighted by Crippen LogP contribution is -1.91. The lowest BCUT2D eigenvalue weighted by Gasteiger charge is -2.12. The van der Waals surface area contributed by atoms with Crippen LogP contribution in [0, 0.1) is 0 Å². The molecule has 19 heavy (non-hydrogen) atoms. The number of benzene rings is 3. The highest BCUT2D eigenvalue weighted by molar-refractivity contribution is 6.08. The number of hydrogen-bond acceptors (Lipinski definition) is 0. The molecular weight excluding hydrogens is 228 g/mol. The monoisotopic (exact) mass is 242 g/mol. The van der Waals surface area contributed by atoms with Crippen molar-refractivity contribution in [1.82, 2.24) is 0 Å². The standard InChI is InChI=1S/C19H14/c1-2-7-14(6-1)17-10-5-11-18-16-9-4-3-8-15(16)12-13-19(17)18/h1-14H.